The number of piperidine rings is 1. The van der Waals surface area contributed by atoms with Crippen molar-refractivity contribution in [2.24, 2.45) is 5.92 Å². The highest BCUT2D eigenvalue weighted by molar-refractivity contribution is 6.34. The van der Waals surface area contributed by atoms with Gasteiger partial charge in [0, 0.05) is 36.4 Å². The third-order valence-corrected chi connectivity index (χ3v) is 8.66. The zero-order chi connectivity index (χ0) is 24.9. The molecule has 1 aliphatic carbocycles. The molecule has 3 nitrogen and oxygen atoms in total. The van der Waals surface area contributed by atoms with E-state index >= 15 is 0 Å². The van der Waals surface area contributed by atoms with E-state index in [1.54, 1.807) is 0 Å². The first-order valence-corrected chi connectivity index (χ1v) is 14.0. The fraction of sp³-hybridized carbons (Fsp3) is 0.406. The van der Waals surface area contributed by atoms with Crippen LogP contribution >= 0.6 is 11.6 Å². The van der Waals surface area contributed by atoms with Gasteiger partial charge in [-0.05, 0) is 105 Å². The monoisotopic (exact) mass is 500 g/mol. The highest BCUT2D eigenvalue weighted by atomic mass is 35.5. The van der Waals surface area contributed by atoms with Gasteiger partial charge in [0.25, 0.3) is 5.91 Å². The zero-order valence-electron chi connectivity index (χ0n) is 21.3. The summed E-state index contributed by atoms with van der Waals surface area (Å²) in [6.45, 7) is 4.95. The lowest BCUT2D eigenvalue weighted by molar-refractivity contribution is 0.0724. The zero-order valence-corrected chi connectivity index (χ0v) is 22.1. The number of nitrogens with zero attached hydrogens (tertiary/aromatic N) is 1. The molecular formula is C32H37ClN2O. The molecule has 188 valence electrons. The first-order valence-electron chi connectivity index (χ1n) is 13.6. The molecule has 1 aliphatic heterocycles. The number of carbonyl (C=O) groups excluding carboxylic acids is 1. The van der Waals surface area contributed by atoms with E-state index in [9.17, 15) is 4.79 Å². The molecule has 1 saturated carbocycles. The van der Waals surface area contributed by atoms with Crippen LogP contribution in [0.4, 0.5) is 5.69 Å². The maximum atomic E-state index is 12.7. The summed E-state index contributed by atoms with van der Waals surface area (Å²) >= 11 is 6.84. The molecular weight excluding hydrogens is 464 g/mol. The lowest BCUT2D eigenvalue weighted by Gasteiger charge is -2.30. The molecule has 3 aromatic carbocycles. The van der Waals surface area contributed by atoms with Crippen molar-refractivity contribution in [2.75, 3.05) is 25.0 Å². The molecule has 3 aromatic rings. The highest BCUT2D eigenvalue weighted by Gasteiger charge is 2.25. The van der Waals surface area contributed by atoms with Crippen LogP contribution in [-0.2, 0) is 0 Å². The van der Waals surface area contributed by atoms with Gasteiger partial charge in [0.05, 0.1) is 5.02 Å². The number of nitrogens with one attached hydrogen (secondary N) is 1. The van der Waals surface area contributed by atoms with Crippen LogP contribution in [0.1, 0.15) is 72.3 Å². The number of carbonyl (C=O) groups is 1. The molecule has 1 saturated heterocycles. The Morgan fingerprint density at radius 2 is 1.58 bits per heavy atom. The number of hydrogen-bond acceptors (Lipinski definition) is 2. The number of amides is 1. The van der Waals surface area contributed by atoms with Crippen molar-refractivity contribution in [1.29, 1.82) is 0 Å². The molecule has 0 atom stereocenters. The summed E-state index contributed by atoms with van der Waals surface area (Å²) in [4.78, 5) is 14.7. The van der Waals surface area contributed by atoms with Crippen LogP contribution in [0.5, 0.6) is 0 Å². The average Bonchev–Trinajstić information content (AvgIpc) is 2.94. The van der Waals surface area contributed by atoms with E-state index in [0.29, 0.717) is 11.8 Å². The summed E-state index contributed by atoms with van der Waals surface area (Å²) in [6, 6.07) is 23.0. The van der Waals surface area contributed by atoms with Crippen LogP contribution < -0.4 is 5.32 Å². The fourth-order valence-corrected chi connectivity index (χ4v) is 6.21. The van der Waals surface area contributed by atoms with Gasteiger partial charge >= 0.3 is 0 Å². The normalized spacial score (nSPS) is 20.2. The Hall–Kier alpha value is -2.78. The van der Waals surface area contributed by atoms with Gasteiger partial charge in [0.1, 0.15) is 0 Å². The molecule has 2 aliphatic rings. The Balaban J connectivity index is 1.13. The van der Waals surface area contributed by atoms with Crippen LogP contribution in [0.2, 0.25) is 5.02 Å². The predicted octanol–water partition coefficient (Wildman–Crippen LogP) is 8.33. The summed E-state index contributed by atoms with van der Waals surface area (Å²) in [7, 11) is 0. The summed E-state index contributed by atoms with van der Waals surface area (Å²) in [6.07, 6.45) is 8.34. The molecule has 0 aromatic heterocycles. The number of anilines is 1. The maximum Gasteiger partial charge on any atom is 0.253 e. The number of hydrogen-bond donors (Lipinski definition) is 1. The first kappa shape index (κ1) is 24.9. The molecule has 0 bridgehead atoms. The van der Waals surface area contributed by atoms with E-state index < -0.39 is 0 Å². The third-order valence-electron chi connectivity index (χ3n) is 8.17. The second-order valence-corrected chi connectivity index (χ2v) is 10.9. The summed E-state index contributed by atoms with van der Waals surface area (Å²) < 4.78 is 0. The quantitative estimate of drug-likeness (QED) is 0.369. The summed E-state index contributed by atoms with van der Waals surface area (Å²) in [5.74, 6) is 1.44. The number of benzene rings is 3. The molecule has 0 spiro atoms. The van der Waals surface area contributed by atoms with Gasteiger partial charge in [-0.1, -0.05) is 54.1 Å². The fourth-order valence-electron chi connectivity index (χ4n) is 5.93. The third kappa shape index (κ3) is 5.62. The average molecular weight is 501 g/mol. The van der Waals surface area contributed by atoms with Crippen molar-refractivity contribution >= 4 is 23.2 Å². The highest BCUT2D eigenvalue weighted by Crippen LogP contribution is 2.41. The van der Waals surface area contributed by atoms with Crippen molar-refractivity contribution in [3.8, 4) is 11.1 Å². The molecule has 1 N–H and O–H groups in total. The van der Waals surface area contributed by atoms with Crippen LogP contribution in [0.3, 0.4) is 0 Å². The molecule has 0 unspecified atom stereocenters. The van der Waals surface area contributed by atoms with Crippen LogP contribution in [0.25, 0.3) is 11.1 Å². The van der Waals surface area contributed by atoms with E-state index in [2.05, 4.69) is 60.8 Å². The summed E-state index contributed by atoms with van der Waals surface area (Å²) in [5, 5.41) is 4.51. The Labute approximate surface area is 220 Å². The van der Waals surface area contributed by atoms with Gasteiger partial charge in [-0.15, -0.1) is 0 Å². The number of rotatable bonds is 6. The topological polar surface area (TPSA) is 32.3 Å². The molecule has 4 heteroatoms. The van der Waals surface area contributed by atoms with E-state index in [-0.39, 0.29) is 5.91 Å². The molecule has 0 radical (unpaired) electrons. The van der Waals surface area contributed by atoms with Gasteiger partial charge in [0.2, 0.25) is 0 Å². The van der Waals surface area contributed by atoms with Gasteiger partial charge in [-0.3, -0.25) is 4.79 Å². The van der Waals surface area contributed by atoms with Gasteiger partial charge in [0.15, 0.2) is 0 Å². The minimum Gasteiger partial charge on any atom is -0.385 e. The second-order valence-electron chi connectivity index (χ2n) is 10.5. The van der Waals surface area contributed by atoms with Crippen molar-refractivity contribution in [3.63, 3.8) is 0 Å². The maximum absolute atomic E-state index is 12.7. The lowest BCUT2D eigenvalue weighted by atomic mass is 9.77. The SMILES string of the molecule is Cc1c(C2CCC(CNc3ccc(C(=O)N4CCCCC4)cc3)CC2)ccc(-c2ccccc2)c1Cl. The molecule has 36 heavy (non-hydrogen) atoms. The largest absolute Gasteiger partial charge is 0.385 e. The van der Waals surface area contributed by atoms with Gasteiger partial charge in [-0.2, -0.15) is 0 Å². The Bertz CT molecular complexity index is 1160. The molecule has 1 amide bonds. The van der Waals surface area contributed by atoms with Crippen LogP contribution in [0.15, 0.2) is 66.7 Å². The van der Waals surface area contributed by atoms with E-state index in [1.807, 2.05) is 23.1 Å². The smallest absolute Gasteiger partial charge is 0.253 e. The van der Waals surface area contributed by atoms with Crippen molar-refractivity contribution in [2.45, 2.75) is 57.8 Å². The first-order chi connectivity index (χ1) is 17.6. The molecule has 5 rings (SSSR count). The lowest BCUT2D eigenvalue weighted by Crippen LogP contribution is -2.35. The number of halogens is 1. The van der Waals surface area contributed by atoms with Gasteiger partial charge < -0.3 is 10.2 Å². The minimum atomic E-state index is 0.173. The summed E-state index contributed by atoms with van der Waals surface area (Å²) in [5.41, 5.74) is 6.86. The van der Waals surface area contributed by atoms with E-state index in [1.165, 1.54) is 48.8 Å². The van der Waals surface area contributed by atoms with Gasteiger partial charge in [-0.25, -0.2) is 0 Å². The Morgan fingerprint density at radius 3 is 2.28 bits per heavy atom. The van der Waals surface area contributed by atoms with E-state index in [0.717, 1.165) is 54.3 Å². The van der Waals surface area contributed by atoms with Crippen molar-refractivity contribution in [1.82, 2.24) is 4.90 Å². The standard InChI is InChI=1S/C32H37ClN2O/c1-23-29(18-19-30(31(23)33)25-8-4-2-5-9-25)26-12-10-24(11-13-26)22-34-28-16-14-27(15-17-28)32(36)35-20-6-3-7-21-35/h2,4-5,8-9,14-19,24,26,34H,3,6-7,10-13,20-22H2,1H3. The molecule has 2 fully saturated rings. The second kappa shape index (κ2) is 11.5. The molecule has 1 heterocycles. The minimum absolute atomic E-state index is 0.173. The predicted molar refractivity (Wildman–Crippen MR) is 151 cm³/mol. The van der Waals surface area contributed by atoms with Crippen LogP contribution in [-0.4, -0.2) is 30.4 Å². The Morgan fingerprint density at radius 1 is 0.889 bits per heavy atom. The van der Waals surface area contributed by atoms with Crippen molar-refractivity contribution in [3.05, 3.63) is 88.4 Å². The van der Waals surface area contributed by atoms with Crippen molar-refractivity contribution < 1.29 is 4.79 Å². The van der Waals surface area contributed by atoms with Crippen LogP contribution in [0, 0.1) is 12.8 Å². The Kier molecular flexibility index (Phi) is 7.96. The number of likely N-dealkylation sites (tertiary alicyclic amines) is 1. The van der Waals surface area contributed by atoms with E-state index in [4.69, 9.17) is 11.6 Å².